The molecular weight excluding hydrogens is 206 g/mol. The highest BCUT2D eigenvalue weighted by molar-refractivity contribution is 5.92. The van der Waals surface area contributed by atoms with Crippen molar-refractivity contribution in [3.8, 4) is 0 Å². The van der Waals surface area contributed by atoms with Crippen LogP contribution in [0.4, 0.5) is 5.82 Å². The third kappa shape index (κ3) is 2.09. The maximum Gasteiger partial charge on any atom is 0.231 e. The molecule has 0 radical (unpaired) electrons. The second-order valence-corrected chi connectivity index (χ2v) is 4.08. The molecule has 0 aliphatic carbocycles. The Hall–Kier alpha value is -1.36. The summed E-state index contributed by atoms with van der Waals surface area (Å²) in [6, 6.07) is 0. The van der Waals surface area contributed by atoms with E-state index in [1.54, 1.807) is 6.20 Å². The maximum absolute atomic E-state index is 12.0. The predicted molar refractivity (Wildman–Crippen MR) is 60.1 cm³/mol. The number of hydrogen-bond acceptors (Lipinski definition) is 3. The van der Waals surface area contributed by atoms with Gasteiger partial charge in [-0.1, -0.05) is 6.92 Å². The Kier molecular flexibility index (Phi) is 3.24. The van der Waals surface area contributed by atoms with Gasteiger partial charge < -0.3 is 10.1 Å². The van der Waals surface area contributed by atoms with Gasteiger partial charge in [0.15, 0.2) is 0 Å². The van der Waals surface area contributed by atoms with Crippen LogP contribution in [0.3, 0.4) is 0 Å². The van der Waals surface area contributed by atoms with Gasteiger partial charge in [0.1, 0.15) is 5.82 Å². The minimum atomic E-state index is -0.0481. The number of aryl methyl sites for hydroxylation is 1. The molecule has 2 atom stereocenters. The molecule has 1 aromatic heterocycles. The van der Waals surface area contributed by atoms with Gasteiger partial charge in [-0.3, -0.25) is 9.89 Å². The molecule has 2 heterocycles. The van der Waals surface area contributed by atoms with Crippen molar-refractivity contribution in [2.75, 3.05) is 11.9 Å². The number of carbonyl (C=O) groups excluding carboxylic acids is 1. The number of carbonyl (C=O) groups is 1. The first-order chi connectivity index (χ1) is 7.72. The van der Waals surface area contributed by atoms with Gasteiger partial charge in [-0.15, -0.1) is 0 Å². The smallest absolute Gasteiger partial charge is 0.231 e. The molecule has 2 unspecified atom stereocenters. The number of anilines is 1. The van der Waals surface area contributed by atoms with E-state index in [1.165, 1.54) is 0 Å². The molecule has 1 aromatic rings. The summed E-state index contributed by atoms with van der Waals surface area (Å²) in [5.41, 5.74) is 1.03. The molecule has 2 rings (SSSR count). The zero-order chi connectivity index (χ0) is 11.5. The number of H-pyrrole nitrogens is 1. The Balaban J connectivity index is 2.02. The number of rotatable bonds is 3. The van der Waals surface area contributed by atoms with Crippen molar-refractivity contribution in [2.24, 2.45) is 5.92 Å². The molecule has 88 valence electrons. The fraction of sp³-hybridized carbons (Fsp3) is 0.636. The van der Waals surface area contributed by atoms with Crippen LogP contribution in [0.15, 0.2) is 6.20 Å². The Morgan fingerprint density at radius 2 is 2.56 bits per heavy atom. The summed E-state index contributed by atoms with van der Waals surface area (Å²) in [5, 5.41) is 9.60. The lowest BCUT2D eigenvalue weighted by Crippen LogP contribution is -2.28. The van der Waals surface area contributed by atoms with Crippen molar-refractivity contribution >= 4 is 11.7 Å². The molecule has 0 aromatic carbocycles. The third-order valence-corrected chi connectivity index (χ3v) is 3.06. The highest BCUT2D eigenvalue weighted by Gasteiger charge is 2.31. The summed E-state index contributed by atoms with van der Waals surface area (Å²) in [6.07, 6.45) is 3.39. The Labute approximate surface area is 94.6 Å². The summed E-state index contributed by atoms with van der Waals surface area (Å²) in [4.78, 5) is 12.0. The first-order valence-electron chi connectivity index (χ1n) is 5.67. The minimum Gasteiger partial charge on any atom is -0.378 e. The molecule has 2 N–H and O–H groups in total. The molecule has 1 fully saturated rings. The molecule has 0 saturated carbocycles. The zero-order valence-electron chi connectivity index (χ0n) is 9.62. The Morgan fingerprint density at radius 1 is 1.75 bits per heavy atom. The van der Waals surface area contributed by atoms with E-state index in [4.69, 9.17) is 4.74 Å². The number of aromatic amines is 1. The Morgan fingerprint density at radius 3 is 3.19 bits per heavy atom. The van der Waals surface area contributed by atoms with Gasteiger partial charge in [0.2, 0.25) is 5.91 Å². The Bertz CT molecular complexity index is 375. The molecule has 16 heavy (non-hydrogen) atoms. The van der Waals surface area contributed by atoms with Crippen molar-refractivity contribution in [1.82, 2.24) is 10.2 Å². The van der Waals surface area contributed by atoms with Crippen LogP contribution in [0.25, 0.3) is 0 Å². The van der Waals surface area contributed by atoms with Crippen LogP contribution in [0.5, 0.6) is 0 Å². The van der Waals surface area contributed by atoms with Crippen molar-refractivity contribution in [2.45, 2.75) is 32.8 Å². The number of aromatic nitrogens is 2. The fourth-order valence-corrected chi connectivity index (χ4v) is 1.98. The van der Waals surface area contributed by atoms with E-state index in [9.17, 15) is 4.79 Å². The second-order valence-electron chi connectivity index (χ2n) is 4.08. The van der Waals surface area contributed by atoms with Crippen molar-refractivity contribution in [3.05, 3.63) is 11.8 Å². The zero-order valence-corrected chi connectivity index (χ0v) is 9.62. The summed E-state index contributed by atoms with van der Waals surface area (Å²) in [5.74, 6) is 0.684. The number of ether oxygens (including phenoxy) is 1. The fourth-order valence-electron chi connectivity index (χ4n) is 1.98. The highest BCUT2D eigenvalue weighted by Crippen LogP contribution is 2.22. The maximum atomic E-state index is 12.0. The molecule has 0 spiro atoms. The van der Waals surface area contributed by atoms with E-state index >= 15 is 0 Å². The summed E-state index contributed by atoms with van der Waals surface area (Å²) < 4.78 is 5.38. The monoisotopic (exact) mass is 223 g/mol. The average molecular weight is 223 g/mol. The quantitative estimate of drug-likeness (QED) is 0.812. The van der Waals surface area contributed by atoms with Crippen molar-refractivity contribution < 1.29 is 9.53 Å². The lowest BCUT2D eigenvalue weighted by molar-refractivity contribution is -0.121. The van der Waals surface area contributed by atoms with Crippen LogP contribution >= 0.6 is 0 Å². The third-order valence-electron chi connectivity index (χ3n) is 3.06. The number of nitrogens with one attached hydrogen (secondary N) is 2. The highest BCUT2D eigenvalue weighted by atomic mass is 16.5. The lowest BCUT2D eigenvalue weighted by atomic mass is 10.0. The van der Waals surface area contributed by atoms with Gasteiger partial charge in [0.05, 0.1) is 18.2 Å². The van der Waals surface area contributed by atoms with Gasteiger partial charge in [0.25, 0.3) is 0 Å². The van der Waals surface area contributed by atoms with E-state index < -0.39 is 0 Å². The molecule has 1 aliphatic rings. The minimum absolute atomic E-state index is 0.00741. The molecule has 0 bridgehead atoms. The van der Waals surface area contributed by atoms with E-state index in [0.717, 1.165) is 18.4 Å². The van der Waals surface area contributed by atoms with Crippen molar-refractivity contribution in [3.63, 3.8) is 0 Å². The van der Waals surface area contributed by atoms with Crippen molar-refractivity contribution in [1.29, 1.82) is 0 Å². The van der Waals surface area contributed by atoms with Gasteiger partial charge >= 0.3 is 0 Å². The van der Waals surface area contributed by atoms with Crippen LogP contribution in [0.2, 0.25) is 0 Å². The first-order valence-corrected chi connectivity index (χ1v) is 5.67. The van der Waals surface area contributed by atoms with E-state index in [0.29, 0.717) is 12.4 Å². The van der Waals surface area contributed by atoms with Crippen LogP contribution in [-0.2, 0) is 16.0 Å². The number of amides is 1. The normalized spacial score (nSPS) is 24.6. The van der Waals surface area contributed by atoms with Crippen LogP contribution in [0, 0.1) is 5.92 Å². The van der Waals surface area contributed by atoms with Crippen LogP contribution in [-0.4, -0.2) is 28.8 Å². The first kappa shape index (κ1) is 11.1. The molecule has 1 amide bonds. The molecule has 5 heteroatoms. The standard InChI is InChI=1S/C11H17N3O2/c1-3-8-6-12-14-10(8)13-11(15)9-4-5-16-7(9)2/h6-7,9H,3-5H2,1-2H3,(H2,12,13,14,15). The molecular formula is C11H17N3O2. The summed E-state index contributed by atoms with van der Waals surface area (Å²) >= 11 is 0. The van der Waals surface area contributed by atoms with Gasteiger partial charge in [-0.2, -0.15) is 5.10 Å². The van der Waals surface area contributed by atoms with Gasteiger partial charge in [-0.25, -0.2) is 0 Å². The molecule has 1 saturated heterocycles. The van der Waals surface area contributed by atoms with Crippen LogP contribution in [0.1, 0.15) is 25.8 Å². The van der Waals surface area contributed by atoms with E-state index in [-0.39, 0.29) is 17.9 Å². The predicted octanol–water partition coefficient (Wildman–Crippen LogP) is 1.34. The molecule has 1 aliphatic heterocycles. The largest absolute Gasteiger partial charge is 0.378 e. The topological polar surface area (TPSA) is 67.0 Å². The molecule has 5 nitrogen and oxygen atoms in total. The van der Waals surface area contributed by atoms with Gasteiger partial charge in [0, 0.05) is 12.2 Å². The van der Waals surface area contributed by atoms with E-state index in [1.807, 2.05) is 13.8 Å². The lowest BCUT2D eigenvalue weighted by Gasteiger charge is -2.13. The second kappa shape index (κ2) is 4.65. The average Bonchev–Trinajstić information content (AvgIpc) is 2.86. The SMILES string of the molecule is CCc1cn[nH]c1NC(=O)C1CCOC1C. The summed E-state index contributed by atoms with van der Waals surface area (Å²) in [7, 11) is 0. The van der Waals surface area contributed by atoms with Crippen LogP contribution < -0.4 is 5.32 Å². The number of nitrogens with zero attached hydrogens (tertiary/aromatic N) is 1. The number of hydrogen-bond donors (Lipinski definition) is 2. The van der Waals surface area contributed by atoms with E-state index in [2.05, 4.69) is 15.5 Å². The summed E-state index contributed by atoms with van der Waals surface area (Å²) in [6.45, 7) is 4.63. The van der Waals surface area contributed by atoms with Gasteiger partial charge in [-0.05, 0) is 19.8 Å².